The highest BCUT2D eigenvalue weighted by molar-refractivity contribution is 7.71. The van der Waals surface area contributed by atoms with Gasteiger partial charge in [0.2, 0.25) is 5.91 Å². The minimum atomic E-state index is -0.373. The minimum Gasteiger partial charge on any atom is -0.461 e. The van der Waals surface area contributed by atoms with Crippen molar-refractivity contribution < 1.29 is 9.21 Å². The number of nitrogens with zero attached hydrogens (tertiary/aromatic N) is 5. The van der Waals surface area contributed by atoms with Crippen molar-refractivity contribution in [1.82, 2.24) is 24.1 Å². The molecular formula is C23H28N6O2S. The normalized spacial score (nSPS) is 15.5. The summed E-state index contributed by atoms with van der Waals surface area (Å²) in [5.74, 6) is 0.864. The topological polar surface area (TPSA) is 85.5 Å². The van der Waals surface area contributed by atoms with Gasteiger partial charge in [-0.25, -0.2) is 4.68 Å². The fourth-order valence-electron chi connectivity index (χ4n) is 3.75. The number of aromatic nitrogens is 3. The Morgan fingerprint density at radius 2 is 1.84 bits per heavy atom. The van der Waals surface area contributed by atoms with E-state index in [-0.39, 0.29) is 12.3 Å². The Bertz CT molecular complexity index is 1100. The Kier molecular flexibility index (Phi) is 7.31. The van der Waals surface area contributed by atoms with Gasteiger partial charge in [0.15, 0.2) is 16.4 Å². The Labute approximate surface area is 192 Å². The number of carbonyl (C=O) groups is 1. The van der Waals surface area contributed by atoms with Crippen LogP contribution in [-0.2, 0) is 18.0 Å². The van der Waals surface area contributed by atoms with Crippen LogP contribution in [0.3, 0.4) is 0 Å². The number of rotatable bonds is 9. The van der Waals surface area contributed by atoms with Crippen LogP contribution >= 0.6 is 12.2 Å². The number of amides is 1. The molecule has 3 aromatic rings. The van der Waals surface area contributed by atoms with Crippen LogP contribution < -0.4 is 5.73 Å². The maximum absolute atomic E-state index is 11.3. The molecule has 32 heavy (non-hydrogen) atoms. The number of hydrogen-bond acceptors (Lipinski definition) is 6. The summed E-state index contributed by atoms with van der Waals surface area (Å²) in [6, 6.07) is 14.0. The molecule has 0 atom stereocenters. The first kappa shape index (κ1) is 22.2. The minimum absolute atomic E-state index is 0.197. The summed E-state index contributed by atoms with van der Waals surface area (Å²) in [6.45, 7) is 5.76. The van der Waals surface area contributed by atoms with Crippen LogP contribution in [0.1, 0.15) is 12.0 Å². The number of carbonyl (C=O) groups excluding carboxylic acids is 1. The van der Waals surface area contributed by atoms with Crippen LogP contribution in [0.5, 0.6) is 0 Å². The Hall–Kier alpha value is -3.01. The van der Waals surface area contributed by atoms with E-state index in [1.807, 2.05) is 16.7 Å². The second kappa shape index (κ2) is 10.5. The molecule has 168 valence electrons. The third-order valence-corrected chi connectivity index (χ3v) is 5.95. The van der Waals surface area contributed by atoms with Crippen LogP contribution in [0.4, 0.5) is 0 Å². The van der Waals surface area contributed by atoms with Crippen molar-refractivity contribution in [1.29, 1.82) is 0 Å². The molecular weight excluding hydrogens is 424 g/mol. The summed E-state index contributed by atoms with van der Waals surface area (Å²) in [5, 5.41) is 4.69. The summed E-state index contributed by atoms with van der Waals surface area (Å²) < 4.78 is 9.71. The van der Waals surface area contributed by atoms with Crippen molar-refractivity contribution in [3.05, 3.63) is 65.1 Å². The van der Waals surface area contributed by atoms with Gasteiger partial charge < -0.3 is 10.2 Å². The van der Waals surface area contributed by atoms with Crippen LogP contribution in [-0.4, -0.2) is 62.8 Å². The summed E-state index contributed by atoms with van der Waals surface area (Å²) in [5.41, 5.74) is 6.56. The number of nitrogens with two attached hydrogens (primary N) is 1. The van der Waals surface area contributed by atoms with E-state index in [2.05, 4.69) is 51.3 Å². The highest BCUT2D eigenvalue weighted by atomic mass is 32.1. The van der Waals surface area contributed by atoms with E-state index in [4.69, 9.17) is 22.4 Å². The monoisotopic (exact) mass is 452 g/mol. The van der Waals surface area contributed by atoms with E-state index in [0.29, 0.717) is 29.6 Å². The zero-order valence-electron chi connectivity index (χ0n) is 18.0. The van der Waals surface area contributed by atoms with Crippen molar-refractivity contribution in [2.24, 2.45) is 5.73 Å². The SMILES string of the molecule is NC(=O)CCn1c(-c2ccco2)nn(CN2CCN(C/C=C/c3ccccc3)CC2)c1=S. The smallest absolute Gasteiger partial charge is 0.219 e. The first-order chi connectivity index (χ1) is 15.6. The second-order valence-corrected chi connectivity index (χ2v) is 8.19. The number of primary amides is 1. The van der Waals surface area contributed by atoms with Gasteiger partial charge in [-0.1, -0.05) is 42.5 Å². The third kappa shape index (κ3) is 5.61. The zero-order valence-corrected chi connectivity index (χ0v) is 18.8. The number of hydrogen-bond donors (Lipinski definition) is 1. The first-order valence-electron chi connectivity index (χ1n) is 10.8. The molecule has 1 aliphatic rings. The maximum Gasteiger partial charge on any atom is 0.219 e. The van der Waals surface area contributed by atoms with Gasteiger partial charge in [-0.3, -0.25) is 19.2 Å². The lowest BCUT2D eigenvalue weighted by Gasteiger charge is -2.33. The number of piperazine rings is 1. The van der Waals surface area contributed by atoms with Gasteiger partial charge in [0.25, 0.3) is 0 Å². The molecule has 1 aromatic carbocycles. The Balaban J connectivity index is 1.36. The molecule has 8 nitrogen and oxygen atoms in total. The summed E-state index contributed by atoms with van der Waals surface area (Å²) in [4.78, 5) is 16.1. The van der Waals surface area contributed by atoms with Crippen molar-refractivity contribution in [2.75, 3.05) is 32.7 Å². The molecule has 2 aromatic heterocycles. The fraction of sp³-hybridized carbons (Fsp3) is 0.348. The van der Waals surface area contributed by atoms with E-state index in [0.717, 1.165) is 32.7 Å². The van der Waals surface area contributed by atoms with Gasteiger partial charge in [0, 0.05) is 45.7 Å². The zero-order chi connectivity index (χ0) is 22.3. The van der Waals surface area contributed by atoms with Crippen LogP contribution in [0.25, 0.3) is 17.7 Å². The maximum atomic E-state index is 11.3. The third-order valence-electron chi connectivity index (χ3n) is 5.52. The van der Waals surface area contributed by atoms with Crippen LogP contribution in [0, 0.1) is 4.77 Å². The quantitative estimate of drug-likeness (QED) is 0.503. The molecule has 4 rings (SSSR count). The van der Waals surface area contributed by atoms with Crippen LogP contribution in [0.2, 0.25) is 0 Å². The summed E-state index contributed by atoms with van der Waals surface area (Å²) in [7, 11) is 0. The number of furan rings is 1. The molecule has 0 spiro atoms. The molecule has 3 heterocycles. The second-order valence-electron chi connectivity index (χ2n) is 7.82. The van der Waals surface area contributed by atoms with Gasteiger partial charge in [-0.2, -0.15) is 0 Å². The van der Waals surface area contributed by atoms with Gasteiger partial charge in [-0.15, -0.1) is 5.10 Å². The molecule has 0 unspecified atom stereocenters. The molecule has 0 aliphatic carbocycles. The standard InChI is InChI=1S/C23H28N6O2S/c24-21(30)10-12-28-22(20-9-5-17-31-20)25-29(23(28)32)18-27-15-13-26(14-16-27)11-4-8-19-6-2-1-3-7-19/h1-9,17H,10-16,18H2,(H2,24,30)/b8-4+. The van der Waals surface area contributed by atoms with E-state index in [1.165, 1.54) is 5.56 Å². The molecule has 0 saturated carbocycles. The molecule has 1 saturated heterocycles. The van der Waals surface area contributed by atoms with Gasteiger partial charge in [-0.05, 0) is 29.9 Å². The Morgan fingerprint density at radius 3 is 2.53 bits per heavy atom. The average molecular weight is 453 g/mol. The molecule has 0 bridgehead atoms. The predicted octanol–water partition coefficient (Wildman–Crippen LogP) is 2.84. The van der Waals surface area contributed by atoms with Gasteiger partial charge in [0.05, 0.1) is 12.9 Å². The van der Waals surface area contributed by atoms with Crippen molar-refractivity contribution in [3.8, 4) is 11.6 Å². The van der Waals surface area contributed by atoms with E-state index in [9.17, 15) is 4.79 Å². The van der Waals surface area contributed by atoms with Gasteiger partial charge in [0.1, 0.15) is 0 Å². The Morgan fingerprint density at radius 1 is 1.09 bits per heavy atom. The lowest BCUT2D eigenvalue weighted by molar-refractivity contribution is -0.118. The highest BCUT2D eigenvalue weighted by Gasteiger charge is 2.20. The first-order valence-corrected chi connectivity index (χ1v) is 11.2. The van der Waals surface area contributed by atoms with Crippen molar-refractivity contribution in [3.63, 3.8) is 0 Å². The van der Waals surface area contributed by atoms with E-state index < -0.39 is 0 Å². The van der Waals surface area contributed by atoms with Crippen molar-refractivity contribution in [2.45, 2.75) is 19.6 Å². The molecule has 1 amide bonds. The fourth-order valence-corrected chi connectivity index (χ4v) is 4.03. The largest absolute Gasteiger partial charge is 0.461 e. The average Bonchev–Trinajstić information content (AvgIpc) is 3.43. The molecule has 9 heteroatoms. The number of benzene rings is 1. The molecule has 2 N–H and O–H groups in total. The van der Waals surface area contributed by atoms with Gasteiger partial charge >= 0.3 is 0 Å². The van der Waals surface area contributed by atoms with E-state index in [1.54, 1.807) is 17.0 Å². The molecule has 0 radical (unpaired) electrons. The van der Waals surface area contributed by atoms with Crippen molar-refractivity contribution >= 4 is 24.2 Å². The van der Waals surface area contributed by atoms with Crippen LogP contribution in [0.15, 0.2) is 59.2 Å². The summed E-state index contributed by atoms with van der Waals surface area (Å²) in [6.07, 6.45) is 6.18. The lowest BCUT2D eigenvalue weighted by atomic mass is 10.2. The molecule has 1 fully saturated rings. The molecule has 1 aliphatic heterocycles. The lowest BCUT2D eigenvalue weighted by Crippen LogP contribution is -2.46. The predicted molar refractivity (Wildman–Crippen MR) is 126 cm³/mol. The summed E-state index contributed by atoms with van der Waals surface area (Å²) >= 11 is 5.66. The van der Waals surface area contributed by atoms with E-state index >= 15 is 0 Å². The highest BCUT2D eigenvalue weighted by Crippen LogP contribution is 2.20.